The zero-order chi connectivity index (χ0) is 22.2. The van der Waals surface area contributed by atoms with E-state index in [4.69, 9.17) is 5.84 Å². The highest BCUT2D eigenvalue weighted by Gasteiger charge is 2.44. The molecule has 3 heterocycles. The van der Waals surface area contributed by atoms with E-state index >= 15 is 0 Å². The quantitative estimate of drug-likeness (QED) is 0.306. The summed E-state index contributed by atoms with van der Waals surface area (Å²) in [6, 6.07) is 10.4. The molecule has 31 heavy (non-hydrogen) atoms. The van der Waals surface area contributed by atoms with Gasteiger partial charge in [-0.2, -0.15) is 4.31 Å². The lowest BCUT2D eigenvalue weighted by molar-refractivity contribution is 0.0826. The number of pyridine rings is 2. The molecule has 0 saturated carbocycles. The number of rotatable bonds is 5. The van der Waals surface area contributed by atoms with Crippen LogP contribution in [0.5, 0.6) is 0 Å². The number of nitrogens with zero attached hydrogens (tertiary/aromatic N) is 3. The Morgan fingerprint density at radius 1 is 1.16 bits per heavy atom. The maximum Gasteiger partial charge on any atom is 0.265 e. The molecule has 0 radical (unpaired) electrons. The van der Waals surface area contributed by atoms with E-state index in [0.29, 0.717) is 5.56 Å². The number of amides is 1. The van der Waals surface area contributed by atoms with Gasteiger partial charge < -0.3 is 5.11 Å². The van der Waals surface area contributed by atoms with Crippen molar-refractivity contribution in [3.63, 3.8) is 0 Å². The Morgan fingerprint density at radius 2 is 1.97 bits per heavy atom. The second-order valence-electron chi connectivity index (χ2n) is 6.89. The fourth-order valence-corrected chi connectivity index (χ4v) is 5.34. The van der Waals surface area contributed by atoms with Crippen LogP contribution in [0, 0.1) is 5.82 Å². The smallest absolute Gasteiger partial charge is 0.265 e. The van der Waals surface area contributed by atoms with Gasteiger partial charge >= 0.3 is 0 Å². The number of benzene rings is 1. The average molecular weight is 443 g/mol. The van der Waals surface area contributed by atoms with Crippen molar-refractivity contribution >= 4 is 15.9 Å². The number of carbonyl (C=O) groups is 1. The maximum atomic E-state index is 13.4. The van der Waals surface area contributed by atoms with E-state index in [2.05, 4.69) is 9.97 Å². The van der Waals surface area contributed by atoms with E-state index in [1.165, 1.54) is 30.5 Å². The second kappa shape index (κ2) is 8.12. The van der Waals surface area contributed by atoms with Gasteiger partial charge in [0.05, 0.1) is 28.5 Å². The van der Waals surface area contributed by atoms with Crippen LogP contribution in [-0.4, -0.2) is 33.7 Å². The fourth-order valence-electron chi connectivity index (χ4n) is 3.52. The average Bonchev–Trinajstić information content (AvgIpc) is 3.04. The van der Waals surface area contributed by atoms with Gasteiger partial charge in [-0.05, 0) is 42.0 Å². The topological polar surface area (TPSA) is 139 Å². The number of halogens is 1. The molecule has 1 aromatic carbocycles. The molecule has 4 rings (SSSR count). The van der Waals surface area contributed by atoms with Crippen LogP contribution >= 0.6 is 0 Å². The number of aromatic nitrogens is 2. The molecule has 4 N–H and O–H groups in total. The maximum absolute atomic E-state index is 13.4. The largest absolute Gasteiger partial charge is 0.385 e. The number of nitrogen functional groups attached to an aromatic ring is 1. The summed E-state index contributed by atoms with van der Waals surface area (Å²) >= 11 is 0. The predicted octanol–water partition coefficient (Wildman–Crippen LogP) is 1.20. The third kappa shape index (κ3) is 3.79. The van der Waals surface area contributed by atoms with Crippen LogP contribution in [0.3, 0.4) is 0 Å². The number of hydrogen-bond acceptors (Lipinski definition) is 7. The van der Waals surface area contributed by atoms with Crippen molar-refractivity contribution in [3.8, 4) is 0 Å². The molecule has 0 saturated heterocycles. The molecule has 2 unspecified atom stereocenters. The monoisotopic (exact) mass is 443 g/mol. The lowest BCUT2D eigenvalue weighted by Gasteiger charge is -2.29. The van der Waals surface area contributed by atoms with E-state index in [1.807, 2.05) is 5.43 Å². The van der Waals surface area contributed by atoms with Crippen LogP contribution in [-0.2, 0) is 16.6 Å². The molecule has 11 heteroatoms. The number of nitrogens with two attached hydrogens (primary N) is 1. The highest BCUT2D eigenvalue weighted by molar-refractivity contribution is 7.89. The van der Waals surface area contributed by atoms with E-state index in [0.717, 1.165) is 16.6 Å². The van der Waals surface area contributed by atoms with Gasteiger partial charge in [-0.1, -0.05) is 12.1 Å². The van der Waals surface area contributed by atoms with Crippen LogP contribution in [0.2, 0.25) is 0 Å². The molecule has 0 spiro atoms. The van der Waals surface area contributed by atoms with Gasteiger partial charge in [0.15, 0.2) is 0 Å². The SMILES string of the molecule is NNC(=O)c1ccc2c(c1)S(=O)(=O)N(C(c1ccccn1)C(O)c1ccc(F)cn1)C2. The number of nitrogens with one attached hydrogen (secondary N) is 1. The summed E-state index contributed by atoms with van der Waals surface area (Å²) in [6.07, 6.45) is 0.998. The van der Waals surface area contributed by atoms with Gasteiger partial charge in [0.1, 0.15) is 11.9 Å². The van der Waals surface area contributed by atoms with Crippen LogP contribution < -0.4 is 11.3 Å². The Hall–Kier alpha value is -3.25. The minimum atomic E-state index is -4.11. The van der Waals surface area contributed by atoms with Crippen molar-refractivity contribution in [2.75, 3.05) is 0 Å². The van der Waals surface area contributed by atoms with Crippen molar-refractivity contribution in [3.05, 3.63) is 89.3 Å². The Balaban J connectivity index is 1.80. The minimum Gasteiger partial charge on any atom is -0.385 e. The first-order valence-corrected chi connectivity index (χ1v) is 10.6. The van der Waals surface area contributed by atoms with E-state index in [-0.39, 0.29) is 28.4 Å². The van der Waals surface area contributed by atoms with Crippen molar-refractivity contribution in [1.29, 1.82) is 0 Å². The number of carbonyl (C=O) groups excluding carboxylic acids is 1. The summed E-state index contributed by atoms with van der Waals surface area (Å²) in [4.78, 5) is 19.9. The number of aliphatic hydroxyl groups excluding tert-OH is 1. The fraction of sp³-hybridized carbons (Fsp3) is 0.150. The Morgan fingerprint density at radius 3 is 2.61 bits per heavy atom. The summed E-state index contributed by atoms with van der Waals surface area (Å²) in [5.41, 5.74) is 2.88. The standard InChI is InChI=1S/C20H18FN5O4S/c21-14-6-7-16(24-10-14)19(27)18(15-3-1-2-8-23-15)26-11-13-5-4-12(20(28)25-22)9-17(13)31(26,29)30/h1-10,18-19,27H,11,22H2,(H,25,28). The first kappa shape index (κ1) is 21.0. The number of fused-ring (bicyclic) bond motifs is 1. The summed E-state index contributed by atoms with van der Waals surface area (Å²) in [6.45, 7) is -0.0539. The van der Waals surface area contributed by atoms with Gasteiger partial charge in [-0.3, -0.25) is 20.2 Å². The first-order chi connectivity index (χ1) is 14.8. The zero-order valence-electron chi connectivity index (χ0n) is 16.0. The lowest BCUT2D eigenvalue weighted by atomic mass is 10.0. The van der Waals surface area contributed by atoms with Crippen LogP contribution in [0.4, 0.5) is 4.39 Å². The van der Waals surface area contributed by atoms with Crippen molar-refractivity contribution in [2.24, 2.45) is 5.84 Å². The summed E-state index contributed by atoms with van der Waals surface area (Å²) in [5, 5.41) is 11.1. The normalized spacial score (nSPS) is 17.0. The molecule has 160 valence electrons. The van der Waals surface area contributed by atoms with Gasteiger partial charge in [-0.25, -0.2) is 18.7 Å². The Bertz CT molecular complexity index is 1220. The van der Waals surface area contributed by atoms with Crippen LogP contribution in [0.25, 0.3) is 0 Å². The van der Waals surface area contributed by atoms with Crippen molar-refractivity contribution < 1.29 is 22.7 Å². The summed E-state index contributed by atoms with van der Waals surface area (Å²) in [7, 11) is -4.11. The Kier molecular flexibility index (Phi) is 5.50. The van der Waals surface area contributed by atoms with Gasteiger partial charge in [0, 0.05) is 18.3 Å². The molecular weight excluding hydrogens is 425 g/mol. The van der Waals surface area contributed by atoms with Crippen LogP contribution in [0.15, 0.2) is 65.8 Å². The first-order valence-electron chi connectivity index (χ1n) is 9.19. The van der Waals surface area contributed by atoms with E-state index in [9.17, 15) is 22.7 Å². The number of hydrazine groups is 1. The number of sulfonamides is 1. The molecule has 1 aliphatic rings. The van der Waals surface area contributed by atoms with E-state index < -0.39 is 33.9 Å². The van der Waals surface area contributed by atoms with Crippen molar-refractivity contribution in [1.82, 2.24) is 19.7 Å². The third-order valence-electron chi connectivity index (χ3n) is 5.03. The minimum absolute atomic E-state index is 0.0539. The third-order valence-corrected chi connectivity index (χ3v) is 6.94. The molecule has 2 atom stereocenters. The molecule has 3 aromatic rings. The van der Waals surface area contributed by atoms with Crippen molar-refractivity contribution in [2.45, 2.75) is 23.6 Å². The molecular formula is C20H18FN5O4S. The molecule has 1 aliphatic heterocycles. The molecule has 2 aromatic heterocycles. The number of hydrogen-bond donors (Lipinski definition) is 3. The lowest BCUT2D eigenvalue weighted by Crippen LogP contribution is -2.34. The van der Waals surface area contributed by atoms with Gasteiger partial charge in [-0.15, -0.1) is 0 Å². The molecule has 0 fully saturated rings. The highest BCUT2D eigenvalue weighted by Crippen LogP contribution is 2.42. The highest BCUT2D eigenvalue weighted by atomic mass is 32.2. The molecule has 9 nitrogen and oxygen atoms in total. The second-order valence-corrected chi connectivity index (χ2v) is 8.75. The number of aliphatic hydroxyl groups is 1. The van der Waals surface area contributed by atoms with Crippen LogP contribution in [0.1, 0.15) is 39.5 Å². The predicted molar refractivity (Wildman–Crippen MR) is 107 cm³/mol. The molecule has 1 amide bonds. The summed E-state index contributed by atoms with van der Waals surface area (Å²) < 4.78 is 41.2. The zero-order valence-corrected chi connectivity index (χ0v) is 16.8. The summed E-state index contributed by atoms with van der Waals surface area (Å²) in [5.74, 6) is 3.93. The Labute approximate surface area is 177 Å². The van der Waals surface area contributed by atoms with E-state index in [1.54, 1.807) is 18.2 Å². The molecule has 0 bridgehead atoms. The van der Waals surface area contributed by atoms with Gasteiger partial charge in [0.25, 0.3) is 5.91 Å². The van der Waals surface area contributed by atoms with Gasteiger partial charge in [0.2, 0.25) is 10.0 Å². The molecule has 0 aliphatic carbocycles.